The number of benzene rings is 1. The summed E-state index contributed by atoms with van der Waals surface area (Å²) in [5.41, 5.74) is 0.898. The number of amides is 1. The highest BCUT2D eigenvalue weighted by molar-refractivity contribution is 6.36. The Morgan fingerprint density at radius 3 is 2.50 bits per heavy atom. The van der Waals surface area contributed by atoms with Crippen LogP contribution in [0.15, 0.2) is 36.7 Å². The average Bonchev–Trinajstić information content (AvgIpc) is 2.39. The molecule has 0 saturated carbocycles. The molecule has 4 nitrogen and oxygen atoms in total. The molecule has 2 aromatic rings. The highest BCUT2D eigenvalue weighted by atomic mass is 35.5. The number of carbonyl (C=O) groups is 1. The molecule has 0 aliphatic rings. The van der Waals surface area contributed by atoms with Crippen molar-refractivity contribution < 1.29 is 9.53 Å². The van der Waals surface area contributed by atoms with Gasteiger partial charge in [-0.3, -0.25) is 9.78 Å². The normalized spacial score (nSPS) is 9.55. The lowest BCUT2D eigenvalue weighted by atomic mass is 10.2. The Hall–Kier alpha value is -1.49. The Kier molecular flexibility index (Phi) is 6.07. The summed E-state index contributed by atoms with van der Waals surface area (Å²) in [7, 11) is 1.47. The molecule has 1 N–H and O–H groups in total. The van der Waals surface area contributed by atoms with Gasteiger partial charge in [-0.15, -0.1) is 12.4 Å². The number of rotatable bonds is 3. The van der Waals surface area contributed by atoms with Crippen LogP contribution in [0.4, 0.5) is 5.69 Å². The van der Waals surface area contributed by atoms with Gasteiger partial charge in [0.05, 0.1) is 17.8 Å². The fourth-order valence-corrected chi connectivity index (χ4v) is 2.13. The monoisotopic (exact) mass is 332 g/mol. The third kappa shape index (κ3) is 3.76. The molecule has 1 aromatic heterocycles. The summed E-state index contributed by atoms with van der Waals surface area (Å²) in [5, 5.41) is 3.44. The summed E-state index contributed by atoms with van der Waals surface area (Å²) in [4.78, 5) is 15.9. The molecule has 0 fully saturated rings. The van der Waals surface area contributed by atoms with Crippen molar-refractivity contribution in [3.8, 4) is 5.75 Å². The molecule has 7 heteroatoms. The third-order valence-corrected chi connectivity index (χ3v) is 2.90. The standard InChI is InChI=1S/C13H10Cl2N2O2.ClH/c1-19-12-10(15)6-9(14)7-11(12)17-13(18)8-2-4-16-5-3-8;/h2-7H,1H3,(H,17,18);1H. The van der Waals surface area contributed by atoms with Gasteiger partial charge in [0.2, 0.25) is 0 Å². The fraction of sp³-hybridized carbons (Fsp3) is 0.0769. The van der Waals surface area contributed by atoms with Crippen molar-refractivity contribution in [2.75, 3.05) is 12.4 Å². The minimum Gasteiger partial charge on any atom is -0.493 e. The first-order valence-corrected chi connectivity index (χ1v) is 6.12. The molecule has 1 aromatic carbocycles. The highest BCUT2D eigenvalue weighted by Crippen LogP contribution is 2.36. The first-order chi connectivity index (χ1) is 9.11. The van der Waals surface area contributed by atoms with E-state index >= 15 is 0 Å². The zero-order chi connectivity index (χ0) is 13.8. The number of anilines is 1. The number of carbonyl (C=O) groups excluding carboxylic acids is 1. The zero-order valence-corrected chi connectivity index (χ0v) is 12.7. The van der Waals surface area contributed by atoms with Crippen LogP contribution in [0.25, 0.3) is 0 Å². The molecule has 1 amide bonds. The summed E-state index contributed by atoms with van der Waals surface area (Å²) < 4.78 is 5.15. The first kappa shape index (κ1) is 16.6. The van der Waals surface area contributed by atoms with E-state index in [4.69, 9.17) is 27.9 Å². The van der Waals surface area contributed by atoms with Gasteiger partial charge in [-0.2, -0.15) is 0 Å². The number of nitrogens with zero attached hydrogens (tertiary/aromatic N) is 1. The number of halogens is 3. The van der Waals surface area contributed by atoms with Gasteiger partial charge in [-0.05, 0) is 24.3 Å². The smallest absolute Gasteiger partial charge is 0.255 e. The van der Waals surface area contributed by atoms with Crippen molar-refractivity contribution >= 4 is 47.2 Å². The van der Waals surface area contributed by atoms with Crippen LogP contribution in [0.5, 0.6) is 5.75 Å². The van der Waals surface area contributed by atoms with E-state index in [1.54, 1.807) is 24.3 Å². The van der Waals surface area contributed by atoms with E-state index < -0.39 is 0 Å². The lowest BCUT2D eigenvalue weighted by molar-refractivity contribution is 0.102. The molecule has 0 radical (unpaired) electrons. The van der Waals surface area contributed by atoms with Crippen LogP contribution in [-0.2, 0) is 0 Å². The van der Waals surface area contributed by atoms with Crippen LogP contribution >= 0.6 is 35.6 Å². The highest BCUT2D eigenvalue weighted by Gasteiger charge is 2.13. The number of pyridine rings is 1. The molecule has 0 aliphatic carbocycles. The van der Waals surface area contributed by atoms with Crippen molar-refractivity contribution in [2.24, 2.45) is 0 Å². The van der Waals surface area contributed by atoms with Crippen LogP contribution in [0, 0.1) is 0 Å². The molecular weight excluding hydrogens is 323 g/mol. The Labute approximate surface area is 132 Å². The van der Waals surface area contributed by atoms with Gasteiger partial charge in [0.15, 0.2) is 5.75 Å². The van der Waals surface area contributed by atoms with Gasteiger partial charge in [-0.25, -0.2) is 0 Å². The maximum atomic E-state index is 12.0. The van der Waals surface area contributed by atoms with E-state index in [9.17, 15) is 4.79 Å². The Morgan fingerprint density at radius 1 is 1.25 bits per heavy atom. The zero-order valence-electron chi connectivity index (χ0n) is 10.4. The van der Waals surface area contributed by atoms with Gasteiger partial charge in [0.1, 0.15) is 0 Å². The number of hydrogen-bond donors (Lipinski definition) is 1. The summed E-state index contributed by atoms with van der Waals surface area (Å²) in [6.07, 6.45) is 3.08. The number of hydrogen-bond acceptors (Lipinski definition) is 3. The van der Waals surface area contributed by atoms with Crippen molar-refractivity contribution in [3.05, 3.63) is 52.3 Å². The van der Waals surface area contributed by atoms with E-state index in [1.165, 1.54) is 19.5 Å². The van der Waals surface area contributed by atoms with Gasteiger partial charge in [0, 0.05) is 23.0 Å². The van der Waals surface area contributed by atoms with Gasteiger partial charge in [0.25, 0.3) is 5.91 Å². The van der Waals surface area contributed by atoms with Gasteiger partial charge in [-0.1, -0.05) is 23.2 Å². The maximum absolute atomic E-state index is 12.0. The minimum atomic E-state index is -0.293. The van der Waals surface area contributed by atoms with Crippen LogP contribution in [0.3, 0.4) is 0 Å². The molecule has 0 atom stereocenters. The van der Waals surface area contributed by atoms with Crippen molar-refractivity contribution in [2.45, 2.75) is 0 Å². The molecule has 2 rings (SSSR count). The van der Waals surface area contributed by atoms with E-state index in [0.717, 1.165) is 0 Å². The molecule has 20 heavy (non-hydrogen) atoms. The van der Waals surface area contributed by atoms with E-state index in [1.807, 2.05) is 0 Å². The molecule has 0 spiro atoms. The van der Waals surface area contributed by atoms with Crippen molar-refractivity contribution in [1.82, 2.24) is 4.98 Å². The quantitative estimate of drug-likeness (QED) is 0.921. The minimum absolute atomic E-state index is 0. The lowest BCUT2D eigenvalue weighted by Gasteiger charge is -2.12. The summed E-state index contributed by atoms with van der Waals surface area (Å²) in [6, 6.07) is 6.33. The lowest BCUT2D eigenvalue weighted by Crippen LogP contribution is -2.12. The Morgan fingerprint density at radius 2 is 1.90 bits per heavy atom. The molecular formula is C13H11Cl3N2O2. The second-order valence-corrected chi connectivity index (χ2v) is 4.50. The third-order valence-electron chi connectivity index (χ3n) is 2.40. The van der Waals surface area contributed by atoms with Crippen LogP contribution in [0.2, 0.25) is 10.0 Å². The molecule has 0 unspecified atom stereocenters. The Bertz CT molecular complexity index is 606. The number of aromatic nitrogens is 1. The maximum Gasteiger partial charge on any atom is 0.255 e. The molecule has 1 heterocycles. The predicted molar refractivity (Wildman–Crippen MR) is 82.5 cm³/mol. The predicted octanol–water partition coefficient (Wildman–Crippen LogP) is 4.07. The summed E-state index contributed by atoms with van der Waals surface area (Å²) in [5.74, 6) is 0.0764. The Balaban J connectivity index is 0.00000200. The SMILES string of the molecule is COc1c(Cl)cc(Cl)cc1NC(=O)c1ccncc1.Cl. The van der Waals surface area contributed by atoms with Crippen LogP contribution < -0.4 is 10.1 Å². The second-order valence-electron chi connectivity index (χ2n) is 3.66. The van der Waals surface area contributed by atoms with Crippen molar-refractivity contribution in [3.63, 3.8) is 0 Å². The van der Waals surface area contributed by atoms with E-state index in [0.29, 0.717) is 27.0 Å². The number of ether oxygens (including phenoxy) is 1. The first-order valence-electron chi connectivity index (χ1n) is 5.36. The summed E-state index contributed by atoms with van der Waals surface area (Å²) in [6.45, 7) is 0. The molecule has 106 valence electrons. The largest absolute Gasteiger partial charge is 0.493 e. The molecule has 0 saturated heterocycles. The average molecular weight is 334 g/mol. The van der Waals surface area contributed by atoms with E-state index in [2.05, 4.69) is 10.3 Å². The van der Waals surface area contributed by atoms with Crippen LogP contribution in [0.1, 0.15) is 10.4 Å². The topological polar surface area (TPSA) is 51.2 Å². The van der Waals surface area contributed by atoms with E-state index in [-0.39, 0.29) is 18.3 Å². The summed E-state index contributed by atoms with van der Waals surface area (Å²) >= 11 is 11.9. The second kappa shape index (κ2) is 7.33. The van der Waals surface area contributed by atoms with Gasteiger partial charge < -0.3 is 10.1 Å². The molecule has 0 aliphatic heterocycles. The fourth-order valence-electron chi connectivity index (χ4n) is 1.56. The molecule has 0 bridgehead atoms. The van der Waals surface area contributed by atoms with Gasteiger partial charge >= 0.3 is 0 Å². The number of nitrogens with one attached hydrogen (secondary N) is 1. The number of methoxy groups -OCH3 is 1. The van der Waals surface area contributed by atoms with Crippen molar-refractivity contribution in [1.29, 1.82) is 0 Å². The van der Waals surface area contributed by atoms with Crippen LogP contribution in [-0.4, -0.2) is 18.0 Å².